The number of H-pyrrole nitrogens is 1. The van der Waals surface area contributed by atoms with Crippen LogP contribution in [0.15, 0.2) is 48.7 Å². The fourth-order valence-corrected chi connectivity index (χ4v) is 6.93. The van der Waals surface area contributed by atoms with E-state index in [2.05, 4.69) is 31.3 Å². The summed E-state index contributed by atoms with van der Waals surface area (Å²) in [5.74, 6) is -0.701. The van der Waals surface area contributed by atoms with Crippen molar-refractivity contribution in [2.24, 2.45) is 11.8 Å². The highest BCUT2D eigenvalue weighted by molar-refractivity contribution is 5.94. The predicted molar refractivity (Wildman–Crippen MR) is 207 cm³/mol. The Hall–Kier alpha value is -5.93. The number of nitrogens with zero attached hydrogens (tertiary/aromatic N) is 4. The summed E-state index contributed by atoms with van der Waals surface area (Å²) in [6, 6.07) is 10.4. The van der Waals surface area contributed by atoms with E-state index in [4.69, 9.17) is 14.5 Å². The number of nitrogens with one attached hydrogen (secondary N) is 5. The number of rotatable bonds is 9. The number of hydrogen-bond donors (Lipinski definition) is 5. The highest BCUT2D eigenvalue weighted by Gasteiger charge is 2.36. The van der Waals surface area contributed by atoms with Crippen LogP contribution >= 0.6 is 0 Å². The van der Waals surface area contributed by atoms with Gasteiger partial charge in [-0.1, -0.05) is 44.5 Å². The van der Waals surface area contributed by atoms with Crippen molar-refractivity contribution in [3.63, 3.8) is 0 Å². The van der Waals surface area contributed by atoms with Gasteiger partial charge in [0.2, 0.25) is 29.5 Å². The van der Waals surface area contributed by atoms with Gasteiger partial charge in [0.15, 0.2) is 17.3 Å². The van der Waals surface area contributed by atoms with Crippen LogP contribution in [-0.2, 0) is 43.4 Å². The van der Waals surface area contributed by atoms with Gasteiger partial charge in [-0.25, -0.2) is 9.67 Å². The van der Waals surface area contributed by atoms with Gasteiger partial charge in [-0.15, -0.1) is 0 Å². The molecule has 2 aromatic heterocycles. The molecule has 6 rings (SSSR count). The molecule has 0 radical (unpaired) electrons. The molecule has 1 aliphatic carbocycles. The van der Waals surface area contributed by atoms with Gasteiger partial charge in [-0.3, -0.25) is 24.0 Å². The van der Waals surface area contributed by atoms with Crippen LogP contribution in [0.5, 0.6) is 11.5 Å². The molecule has 0 bridgehead atoms. The fraction of sp³-hybridized carbons (Fsp3) is 0.475. The predicted octanol–water partition coefficient (Wildman–Crippen LogP) is 2.17. The van der Waals surface area contributed by atoms with Gasteiger partial charge < -0.3 is 40.6 Å². The minimum absolute atomic E-state index is 0.0786. The highest BCUT2D eigenvalue weighted by Crippen LogP contribution is 2.31. The molecule has 0 spiro atoms. The van der Waals surface area contributed by atoms with E-state index in [1.807, 2.05) is 50.2 Å². The first-order chi connectivity index (χ1) is 27.0. The summed E-state index contributed by atoms with van der Waals surface area (Å²) in [7, 11) is 3.11. The Bertz CT molecular complexity index is 2070. The number of methoxy groups -OCH3 is 2. The lowest BCUT2D eigenvalue weighted by Crippen LogP contribution is -2.57. The second kappa shape index (κ2) is 17.7. The zero-order valence-electron chi connectivity index (χ0n) is 32.5. The molecule has 1 saturated carbocycles. The smallest absolute Gasteiger partial charge is 0.243 e. The van der Waals surface area contributed by atoms with E-state index in [1.165, 1.54) is 9.58 Å². The van der Waals surface area contributed by atoms with Crippen molar-refractivity contribution in [3.8, 4) is 11.5 Å². The van der Waals surface area contributed by atoms with E-state index >= 15 is 0 Å². The maximum Gasteiger partial charge on any atom is 0.243 e. The Morgan fingerprint density at radius 3 is 2.45 bits per heavy atom. The largest absolute Gasteiger partial charge is 0.493 e. The minimum Gasteiger partial charge on any atom is -0.493 e. The Labute approximate surface area is 325 Å². The third-order valence-corrected chi connectivity index (χ3v) is 10.4. The average Bonchev–Trinajstić information content (AvgIpc) is 3.85. The monoisotopic (exact) mass is 769 g/mol. The Morgan fingerprint density at radius 1 is 0.946 bits per heavy atom. The van der Waals surface area contributed by atoms with Gasteiger partial charge in [-0.05, 0) is 55.0 Å². The summed E-state index contributed by atoms with van der Waals surface area (Å²) in [4.78, 5) is 78.1. The van der Waals surface area contributed by atoms with E-state index in [9.17, 15) is 24.0 Å². The molecule has 5 N–H and O–H groups in total. The Balaban J connectivity index is 1.32. The molecule has 1 aliphatic heterocycles. The molecule has 0 saturated heterocycles. The van der Waals surface area contributed by atoms with Crippen LogP contribution in [0.2, 0.25) is 0 Å². The number of aromatic amines is 1. The number of ether oxygens (including phenoxy) is 2. The topological polar surface area (TPSA) is 202 Å². The molecule has 56 heavy (non-hydrogen) atoms. The number of benzene rings is 2. The zero-order chi connectivity index (χ0) is 39.9. The summed E-state index contributed by atoms with van der Waals surface area (Å²) in [6.07, 6.45) is 4.25. The second-order valence-electron chi connectivity index (χ2n) is 14.6. The van der Waals surface area contributed by atoms with Crippen molar-refractivity contribution >= 4 is 40.4 Å². The average molecular weight is 770 g/mol. The fourth-order valence-electron chi connectivity index (χ4n) is 6.93. The number of carbonyl (C=O) groups excluding carboxylic acids is 5. The van der Waals surface area contributed by atoms with Crippen molar-refractivity contribution in [2.45, 2.75) is 77.5 Å². The third-order valence-electron chi connectivity index (χ3n) is 10.4. The maximum absolute atomic E-state index is 14.2. The van der Waals surface area contributed by atoms with Crippen LogP contribution in [-0.4, -0.2) is 100 Å². The lowest BCUT2D eigenvalue weighted by atomic mass is 9.96. The molecule has 298 valence electrons. The van der Waals surface area contributed by atoms with E-state index in [1.54, 1.807) is 33.4 Å². The quantitative estimate of drug-likeness (QED) is 0.169. The zero-order valence-corrected chi connectivity index (χ0v) is 32.5. The van der Waals surface area contributed by atoms with Crippen molar-refractivity contribution in [1.29, 1.82) is 0 Å². The normalized spacial score (nSPS) is 20.8. The van der Waals surface area contributed by atoms with Crippen molar-refractivity contribution in [2.75, 3.05) is 33.9 Å². The summed E-state index contributed by atoms with van der Waals surface area (Å²) in [6.45, 7) is 5.18. The second-order valence-corrected chi connectivity index (χ2v) is 14.6. The summed E-state index contributed by atoms with van der Waals surface area (Å²) < 4.78 is 12.3. The number of fused-ring (bicyclic) bond motifs is 2. The molecule has 16 nitrogen and oxygen atoms in total. The first-order valence-electron chi connectivity index (χ1n) is 19.1. The Kier molecular flexibility index (Phi) is 12.6. The lowest BCUT2D eigenvalue weighted by Gasteiger charge is -2.28. The molecule has 5 amide bonds. The number of carbonyl (C=O) groups is 5. The van der Waals surface area contributed by atoms with Crippen LogP contribution < -0.4 is 30.7 Å². The van der Waals surface area contributed by atoms with Gasteiger partial charge in [-0.2, -0.15) is 5.10 Å². The first-order valence-corrected chi connectivity index (χ1v) is 19.1. The third kappa shape index (κ3) is 9.47. The minimum atomic E-state index is -1.07. The molecule has 4 atom stereocenters. The molecule has 0 unspecified atom stereocenters. The number of amides is 5. The van der Waals surface area contributed by atoms with Gasteiger partial charge in [0.1, 0.15) is 24.5 Å². The summed E-state index contributed by atoms with van der Waals surface area (Å²) in [5, 5.41) is 17.2. The van der Waals surface area contributed by atoms with Crippen molar-refractivity contribution in [3.05, 3.63) is 71.4 Å². The Morgan fingerprint density at radius 2 is 1.71 bits per heavy atom. The van der Waals surface area contributed by atoms with Crippen LogP contribution in [0.3, 0.4) is 0 Å². The van der Waals surface area contributed by atoms with Crippen LogP contribution in [0, 0.1) is 11.8 Å². The van der Waals surface area contributed by atoms with Crippen molar-refractivity contribution < 1.29 is 33.4 Å². The van der Waals surface area contributed by atoms with E-state index in [0.29, 0.717) is 36.0 Å². The van der Waals surface area contributed by atoms with Gasteiger partial charge in [0.05, 0.1) is 26.8 Å². The van der Waals surface area contributed by atoms with Crippen LogP contribution in [0.1, 0.15) is 68.9 Å². The van der Waals surface area contributed by atoms with E-state index < -0.39 is 35.8 Å². The first kappa shape index (κ1) is 39.8. The SMILES string of the molecule is CC[C@H](C)[C@@H]1NC(=O)[C@@H](Cc2c[nH]c3ccccc23)NC(=O)CN(C(=O)C2CC2)CCNC(=O)Cn2nc(Cc3ccc(OC)c(OC)c3)nc2[C@@H](C)NC1=O. The molecule has 4 aromatic rings. The van der Waals surface area contributed by atoms with Gasteiger partial charge in [0, 0.05) is 48.9 Å². The van der Waals surface area contributed by atoms with Gasteiger partial charge in [0.25, 0.3) is 0 Å². The number of hydrogen-bond acceptors (Lipinski definition) is 9. The highest BCUT2D eigenvalue weighted by atomic mass is 16.5. The molecule has 3 heterocycles. The molecule has 16 heteroatoms. The maximum atomic E-state index is 14.2. The molecular formula is C40H51N9O7. The number of aromatic nitrogens is 4. The lowest BCUT2D eigenvalue weighted by molar-refractivity contribution is -0.138. The molecular weight excluding hydrogens is 718 g/mol. The molecule has 2 aromatic carbocycles. The van der Waals surface area contributed by atoms with E-state index in [-0.39, 0.29) is 56.3 Å². The van der Waals surface area contributed by atoms with E-state index in [0.717, 1.165) is 34.9 Å². The van der Waals surface area contributed by atoms with Crippen molar-refractivity contribution in [1.82, 2.24) is 45.9 Å². The molecule has 2 aliphatic rings. The van der Waals surface area contributed by atoms with Crippen LogP contribution in [0.4, 0.5) is 0 Å². The molecule has 1 fully saturated rings. The van der Waals surface area contributed by atoms with Gasteiger partial charge >= 0.3 is 0 Å². The standard InChI is InChI=1S/C40H51N9O7/c1-6-23(2)36-39(53)43-24(3)37-45-33(18-25-11-14-31(55-4)32(17-25)56-5)47-49(37)22-34(50)41-15-16-48(40(54)26-12-13-26)21-35(51)44-30(38(52)46-36)19-27-20-42-29-10-8-7-9-28(27)29/h7-11,14,17,20,23-24,26,30,36,42H,6,12-13,15-16,18-19,21-22H2,1-5H3,(H,41,50)(H,43,53)(H,44,51)(H,46,52)/t23-,24+,30+,36-/m0/s1. The van der Waals surface area contributed by atoms with Crippen LogP contribution in [0.25, 0.3) is 10.9 Å². The number of para-hydroxylation sites is 1. The summed E-state index contributed by atoms with van der Waals surface area (Å²) in [5.41, 5.74) is 2.52. The summed E-state index contributed by atoms with van der Waals surface area (Å²) >= 11 is 0.